The highest BCUT2D eigenvalue weighted by Gasteiger charge is 2.45. The van der Waals surface area contributed by atoms with E-state index in [1.54, 1.807) is 0 Å². The van der Waals surface area contributed by atoms with Crippen molar-refractivity contribution in [3.8, 4) is 0 Å². The molecule has 1 unspecified atom stereocenters. The molecule has 2 heterocycles. The SMILES string of the molecule is CCCCCCCCCCCCCCCCCCOP(=O)(O)OC[C@H]1O[C@@H](n2cc(/C=C/Br)c(=O)[nH]c2=O)[C@@H](O)[C@@H]1O. The summed E-state index contributed by atoms with van der Waals surface area (Å²) >= 11 is 3.05. The number of aliphatic hydroxyl groups is 2. The van der Waals surface area contributed by atoms with Gasteiger partial charge >= 0.3 is 13.5 Å². The van der Waals surface area contributed by atoms with Gasteiger partial charge < -0.3 is 19.8 Å². The summed E-state index contributed by atoms with van der Waals surface area (Å²) in [5.41, 5.74) is -1.37. The maximum Gasteiger partial charge on any atom is 0.472 e. The van der Waals surface area contributed by atoms with Gasteiger partial charge in [-0.05, 0) is 17.5 Å². The lowest BCUT2D eigenvalue weighted by Crippen LogP contribution is -2.38. The zero-order valence-corrected chi connectivity index (χ0v) is 27.3. The molecule has 0 spiro atoms. The van der Waals surface area contributed by atoms with Crippen LogP contribution in [0, 0.1) is 0 Å². The monoisotopic (exact) mass is 680 g/mol. The number of phosphoric acid groups is 1. The van der Waals surface area contributed by atoms with E-state index in [2.05, 4.69) is 27.8 Å². The van der Waals surface area contributed by atoms with E-state index in [0.717, 1.165) is 23.8 Å². The first-order valence-corrected chi connectivity index (χ1v) is 17.9. The molecular weight excluding hydrogens is 631 g/mol. The second-order valence-electron chi connectivity index (χ2n) is 11.0. The van der Waals surface area contributed by atoms with Crippen molar-refractivity contribution < 1.29 is 33.5 Å². The van der Waals surface area contributed by atoms with Crippen LogP contribution in [0.15, 0.2) is 20.8 Å². The van der Waals surface area contributed by atoms with Gasteiger partial charge in [0.25, 0.3) is 5.56 Å². The number of ether oxygens (including phenoxy) is 1. The van der Waals surface area contributed by atoms with Crippen molar-refractivity contribution in [2.75, 3.05) is 13.2 Å². The fourth-order valence-electron chi connectivity index (χ4n) is 5.01. The third-order valence-corrected chi connectivity index (χ3v) is 8.75. The Kier molecular flexibility index (Phi) is 18.3. The lowest BCUT2D eigenvalue weighted by atomic mass is 10.0. The summed E-state index contributed by atoms with van der Waals surface area (Å²) in [7, 11) is -4.41. The summed E-state index contributed by atoms with van der Waals surface area (Å²) in [4.78, 5) is 37.7. The van der Waals surface area contributed by atoms with Crippen LogP contribution in [0.3, 0.4) is 0 Å². The normalized spacial score (nSPS) is 22.2. The van der Waals surface area contributed by atoms with E-state index in [1.165, 1.54) is 94.3 Å². The standard InChI is InChI=1S/C29H50BrN2O9P/c1-2-3-4-5-6-7-8-9-10-11-12-13-14-15-16-17-20-39-42(37,38)40-22-24-25(33)26(34)28(41-24)32-21-23(18-19-30)27(35)31-29(32)36/h18-19,21,24-26,28,33-34H,2-17,20,22H2,1H3,(H,37,38)(H,31,35,36)/b19-18+/t24-,25-,26+,28-/m1/s1. The Morgan fingerprint density at radius 2 is 1.43 bits per heavy atom. The van der Waals surface area contributed by atoms with Crippen LogP contribution in [0.4, 0.5) is 0 Å². The Morgan fingerprint density at radius 1 is 0.905 bits per heavy atom. The van der Waals surface area contributed by atoms with E-state index in [9.17, 15) is 29.3 Å². The average molecular weight is 682 g/mol. The van der Waals surface area contributed by atoms with Crippen molar-refractivity contribution in [1.82, 2.24) is 9.55 Å². The fraction of sp³-hybridized carbons (Fsp3) is 0.793. The van der Waals surface area contributed by atoms with Gasteiger partial charge in [0.2, 0.25) is 0 Å². The molecule has 1 aliphatic rings. The predicted molar refractivity (Wildman–Crippen MR) is 166 cm³/mol. The number of phosphoric ester groups is 1. The van der Waals surface area contributed by atoms with Crippen molar-refractivity contribution >= 4 is 29.8 Å². The number of rotatable bonds is 23. The minimum atomic E-state index is -4.41. The number of hydrogen-bond acceptors (Lipinski definition) is 8. The molecule has 1 aromatic rings. The molecule has 1 saturated heterocycles. The maximum atomic E-state index is 12.3. The number of unbranched alkanes of at least 4 members (excludes halogenated alkanes) is 15. The van der Waals surface area contributed by atoms with Crippen molar-refractivity contribution in [2.24, 2.45) is 0 Å². The van der Waals surface area contributed by atoms with Crippen LogP contribution in [0.2, 0.25) is 0 Å². The molecule has 1 aromatic heterocycles. The summed E-state index contributed by atoms with van der Waals surface area (Å²) in [6.45, 7) is 1.76. The molecular formula is C29H50BrN2O9P. The number of aromatic amines is 1. The van der Waals surface area contributed by atoms with E-state index in [1.807, 2.05) is 0 Å². The van der Waals surface area contributed by atoms with E-state index >= 15 is 0 Å². The Bertz CT molecular complexity index is 1080. The van der Waals surface area contributed by atoms with Gasteiger partial charge in [0, 0.05) is 6.20 Å². The largest absolute Gasteiger partial charge is 0.472 e. The van der Waals surface area contributed by atoms with Crippen LogP contribution in [0.1, 0.15) is 121 Å². The summed E-state index contributed by atoms with van der Waals surface area (Å²) in [5, 5.41) is 20.8. The van der Waals surface area contributed by atoms with Crippen LogP contribution in [0.5, 0.6) is 0 Å². The Morgan fingerprint density at radius 3 is 1.95 bits per heavy atom. The first kappa shape index (κ1) is 37.1. The molecule has 5 atom stereocenters. The first-order chi connectivity index (χ1) is 20.2. The number of H-pyrrole nitrogens is 1. The average Bonchev–Trinajstić information content (AvgIpc) is 3.23. The molecule has 13 heteroatoms. The number of aromatic nitrogens is 2. The van der Waals surface area contributed by atoms with Gasteiger partial charge in [-0.25, -0.2) is 9.36 Å². The minimum absolute atomic E-state index is 0.0577. The lowest BCUT2D eigenvalue weighted by molar-refractivity contribution is -0.0552. The molecule has 0 amide bonds. The van der Waals surface area contributed by atoms with Crippen molar-refractivity contribution in [2.45, 2.75) is 134 Å². The summed E-state index contributed by atoms with van der Waals surface area (Å²) < 4.78 is 28.8. The third-order valence-electron chi connectivity index (χ3n) is 7.50. The quantitative estimate of drug-likeness (QED) is 0.0813. The summed E-state index contributed by atoms with van der Waals surface area (Å²) in [5.74, 6) is 0. The van der Waals surface area contributed by atoms with Crippen LogP contribution in [0.25, 0.3) is 6.08 Å². The molecule has 11 nitrogen and oxygen atoms in total. The van der Waals surface area contributed by atoms with Crippen LogP contribution in [-0.2, 0) is 18.3 Å². The molecule has 2 rings (SSSR count). The number of aliphatic hydroxyl groups excluding tert-OH is 2. The van der Waals surface area contributed by atoms with Crippen LogP contribution < -0.4 is 11.2 Å². The second kappa shape index (κ2) is 20.8. The van der Waals surface area contributed by atoms with E-state index in [-0.39, 0.29) is 12.2 Å². The molecule has 0 aliphatic carbocycles. The smallest absolute Gasteiger partial charge is 0.387 e. The maximum absolute atomic E-state index is 12.3. The second-order valence-corrected chi connectivity index (χ2v) is 13.0. The molecule has 0 saturated carbocycles. The molecule has 1 fully saturated rings. The van der Waals surface area contributed by atoms with Crippen molar-refractivity contribution in [3.63, 3.8) is 0 Å². The number of nitrogens with zero attached hydrogens (tertiary/aromatic N) is 1. The Hall–Kier alpha value is -1.11. The molecule has 1 aliphatic heterocycles. The summed E-state index contributed by atoms with van der Waals surface area (Å²) in [6.07, 6.45) is 16.6. The van der Waals surface area contributed by atoms with Gasteiger partial charge in [-0.15, -0.1) is 0 Å². The topological polar surface area (TPSA) is 160 Å². The number of nitrogens with one attached hydrogen (secondary N) is 1. The highest BCUT2D eigenvalue weighted by Crippen LogP contribution is 2.44. The van der Waals surface area contributed by atoms with Crippen LogP contribution >= 0.6 is 23.8 Å². The zero-order valence-electron chi connectivity index (χ0n) is 24.8. The molecule has 0 radical (unpaired) electrons. The number of halogens is 1. The van der Waals surface area contributed by atoms with E-state index in [4.69, 9.17) is 13.8 Å². The van der Waals surface area contributed by atoms with Crippen LogP contribution in [-0.4, -0.2) is 56.2 Å². The Labute approximate surface area is 257 Å². The predicted octanol–water partition coefficient (Wildman–Crippen LogP) is 5.92. The zero-order chi connectivity index (χ0) is 30.8. The van der Waals surface area contributed by atoms with Gasteiger partial charge in [0.1, 0.15) is 18.3 Å². The highest BCUT2D eigenvalue weighted by atomic mass is 79.9. The van der Waals surface area contributed by atoms with Crippen molar-refractivity contribution in [3.05, 3.63) is 37.6 Å². The summed E-state index contributed by atoms with van der Waals surface area (Å²) in [6, 6.07) is 0. The van der Waals surface area contributed by atoms with Gasteiger partial charge in [-0.1, -0.05) is 119 Å². The third kappa shape index (κ3) is 13.7. The molecule has 4 N–H and O–H groups in total. The number of hydrogen-bond donors (Lipinski definition) is 4. The Balaban J connectivity index is 1.56. The minimum Gasteiger partial charge on any atom is -0.387 e. The molecule has 0 bridgehead atoms. The van der Waals surface area contributed by atoms with Gasteiger partial charge in [-0.2, -0.15) is 0 Å². The molecule has 42 heavy (non-hydrogen) atoms. The van der Waals surface area contributed by atoms with Gasteiger partial charge in [0.15, 0.2) is 6.23 Å². The molecule has 242 valence electrons. The highest BCUT2D eigenvalue weighted by molar-refractivity contribution is 9.11. The lowest BCUT2D eigenvalue weighted by Gasteiger charge is -2.18. The molecule has 0 aromatic carbocycles. The van der Waals surface area contributed by atoms with E-state index in [0.29, 0.717) is 6.42 Å². The van der Waals surface area contributed by atoms with Gasteiger partial charge in [-0.3, -0.25) is 23.4 Å². The fourth-order valence-corrected chi connectivity index (χ4v) is 6.06. The van der Waals surface area contributed by atoms with Crippen molar-refractivity contribution in [1.29, 1.82) is 0 Å². The van der Waals surface area contributed by atoms with E-state index < -0.39 is 50.2 Å². The van der Waals surface area contributed by atoms with Gasteiger partial charge in [0.05, 0.1) is 18.8 Å². The first-order valence-electron chi connectivity index (χ1n) is 15.5.